The molecule has 1 aliphatic rings. The van der Waals surface area contributed by atoms with E-state index in [1.165, 1.54) is 25.3 Å². The molecule has 2 N–H and O–H groups in total. The second-order valence-corrected chi connectivity index (χ2v) is 5.81. The molecule has 0 unspecified atom stereocenters. The summed E-state index contributed by atoms with van der Waals surface area (Å²) < 4.78 is 4.95. The van der Waals surface area contributed by atoms with Crippen LogP contribution in [0, 0.1) is 16.0 Å². The number of aliphatic carboxylic acids is 1. The van der Waals surface area contributed by atoms with Gasteiger partial charge in [0.05, 0.1) is 18.0 Å². The fourth-order valence-corrected chi connectivity index (χ4v) is 3.00. The van der Waals surface area contributed by atoms with Crippen LogP contribution >= 0.6 is 0 Å². The molecular formula is C16H20N2O6. The molecule has 1 saturated carbocycles. The monoisotopic (exact) mass is 336 g/mol. The molecule has 8 nitrogen and oxygen atoms in total. The van der Waals surface area contributed by atoms with Gasteiger partial charge in [0.1, 0.15) is 0 Å². The van der Waals surface area contributed by atoms with Gasteiger partial charge in [-0.2, -0.15) is 0 Å². The second-order valence-electron chi connectivity index (χ2n) is 5.81. The number of methoxy groups -OCH3 is 1. The first-order chi connectivity index (χ1) is 11.4. The summed E-state index contributed by atoms with van der Waals surface area (Å²) in [6.45, 7) is 0. The van der Waals surface area contributed by atoms with Gasteiger partial charge in [0.2, 0.25) is 0 Å². The maximum atomic E-state index is 12.4. The molecule has 0 radical (unpaired) electrons. The smallest absolute Gasteiger partial charge is 0.310 e. The van der Waals surface area contributed by atoms with Crippen LogP contribution < -0.4 is 10.1 Å². The molecule has 1 aliphatic carbocycles. The lowest BCUT2D eigenvalue weighted by molar-refractivity contribution is -0.385. The zero-order valence-electron chi connectivity index (χ0n) is 13.4. The van der Waals surface area contributed by atoms with E-state index < -0.39 is 28.8 Å². The van der Waals surface area contributed by atoms with E-state index >= 15 is 0 Å². The number of hydrogen-bond acceptors (Lipinski definition) is 5. The zero-order chi connectivity index (χ0) is 17.7. The van der Waals surface area contributed by atoms with Crippen LogP contribution in [0.2, 0.25) is 0 Å². The van der Waals surface area contributed by atoms with E-state index in [1.54, 1.807) is 0 Å². The molecule has 2 atom stereocenters. The summed E-state index contributed by atoms with van der Waals surface area (Å²) in [7, 11) is 1.29. The van der Waals surface area contributed by atoms with Crippen molar-refractivity contribution in [1.82, 2.24) is 5.32 Å². The van der Waals surface area contributed by atoms with Crippen molar-refractivity contribution >= 4 is 17.6 Å². The largest absolute Gasteiger partial charge is 0.490 e. The van der Waals surface area contributed by atoms with Crippen molar-refractivity contribution in [3.05, 3.63) is 33.9 Å². The van der Waals surface area contributed by atoms with E-state index in [1.807, 2.05) is 0 Å². The number of carbonyl (C=O) groups excluding carboxylic acids is 1. The minimum atomic E-state index is -0.913. The van der Waals surface area contributed by atoms with Crippen LogP contribution in [0.5, 0.6) is 5.75 Å². The quantitative estimate of drug-likeness (QED) is 0.484. The number of carboxylic acids is 1. The van der Waals surface area contributed by atoms with Gasteiger partial charge in [-0.15, -0.1) is 0 Å². The lowest BCUT2D eigenvalue weighted by atomic mass is 9.94. The SMILES string of the molecule is COc1cc(C(=O)N[C@H]2CCCCC[C@@H]2C(=O)O)ccc1[N+](=O)[O-]. The van der Waals surface area contributed by atoms with Gasteiger partial charge in [-0.3, -0.25) is 19.7 Å². The molecular weight excluding hydrogens is 316 g/mol. The van der Waals surface area contributed by atoms with Crippen molar-refractivity contribution in [3.8, 4) is 5.75 Å². The van der Waals surface area contributed by atoms with Gasteiger partial charge in [-0.05, 0) is 18.9 Å². The van der Waals surface area contributed by atoms with Gasteiger partial charge in [-0.25, -0.2) is 0 Å². The van der Waals surface area contributed by atoms with Crippen LogP contribution in [0.4, 0.5) is 5.69 Å². The van der Waals surface area contributed by atoms with Crippen LogP contribution in [0.1, 0.15) is 42.5 Å². The summed E-state index contributed by atoms with van der Waals surface area (Å²) in [6, 6.07) is 3.39. The number of amides is 1. The molecule has 1 aromatic carbocycles. The topological polar surface area (TPSA) is 119 Å². The predicted octanol–water partition coefficient (Wildman–Crippen LogP) is 2.37. The van der Waals surface area contributed by atoms with E-state index in [4.69, 9.17) is 4.74 Å². The third-order valence-corrected chi connectivity index (χ3v) is 4.29. The summed E-state index contributed by atoms with van der Waals surface area (Å²) in [4.78, 5) is 34.1. The Balaban J connectivity index is 2.18. The second kappa shape index (κ2) is 7.76. The third-order valence-electron chi connectivity index (χ3n) is 4.29. The fraction of sp³-hybridized carbons (Fsp3) is 0.500. The number of benzene rings is 1. The normalized spacial score (nSPS) is 20.7. The summed E-state index contributed by atoms with van der Waals surface area (Å²) in [5, 5.41) is 23.0. The molecule has 0 bridgehead atoms. The highest BCUT2D eigenvalue weighted by atomic mass is 16.6. The van der Waals surface area contributed by atoms with Crippen LogP contribution in [0.15, 0.2) is 18.2 Å². The molecule has 0 heterocycles. The van der Waals surface area contributed by atoms with Gasteiger partial charge in [0, 0.05) is 23.7 Å². The molecule has 24 heavy (non-hydrogen) atoms. The first kappa shape index (κ1) is 17.7. The number of carbonyl (C=O) groups is 2. The Morgan fingerprint density at radius 3 is 2.62 bits per heavy atom. The lowest BCUT2D eigenvalue weighted by Gasteiger charge is -2.23. The van der Waals surface area contributed by atoms with Crippen molar-refractivity contribution in [2.45, 2.75) is 38.1 Å². The van der Waals surface area contributed by atoms with E-state index in [2.05, 4.69) is 5.32 Å². The molecule has 8 heteroatoms. The maximum Gasteiger partial charge on any atom is 0.310 e. The van der Waals surface area contributed by atoms with Crippen molar-refractivity contribution in [2.75, 3.05) is 7.11 Å². The first-order valence-electron chi connectivity index (χ1n) is 7.80. The van der Waals surface area contributed by atoms with Gasteiger partial charge in [0.15, 0.2) is 5.75 Å². The highest BCUT2D eigenvalue weighted by Gasteiger charge is 2.31. The third kappa shape index (κ3) is 4.01. The van der Waals surface area contributed by atoms with E-state index in [9.17, 15) is 24.8 Å². The van der Waals surface area contributed by atoms with Gasteiger partial charge < -0.3 is 15.2 Å². The number of nitro groups is 1. The average molecular weight is 336 g/mol. The number of nitrogens with zero attached hydrogens (tertiary/aromatic N) is 1. The Hall–Kier alpha value is -2.64. The fourth-order valence-electron chi connectivity index (χ4n) is 3.00. The van der Waals surface area contributed by atoms with E-state index in [-0.39, 0.29) is 17.0 Å². The van der Waals surface area contributed by atoms with Crippen molar-refractivity contribution in [1.29, 1.82) is 0 Å². The molecule has 1 amide bonds. The number of rotatable bonds is 5. The maximum absolute atomic E-state index is 12.4. The summed E-state index contributed by atoms with van der Waals surface area (Å²) >= 11 is 0. The van der Waals surface area contributed by atoms with Gasteiger partial charge in [-0.1, -0.05) is 19.3 Å². The standard InChI is InChI=1S/C16H20N2O6/c1-24-14-9-10(7-8-13(14)18(22)23)15(19)17-12-6-4-2-3-5-11(12)16(20)21/h7-9,11-12H,2-6H2,1H3,(H,17,19)(H,20,21)/t11-,12-/m0/s1. The Morgan fingerprint density at radius 1 is 1.29 bits per heavy atom. The molecule has 0 spiro atoms. The molecule has 1 fully saturated rings. The zero-order valence-corrected chi connectivity index (χ0v) is 13.4. The van der Waals surface area contributed by atoms with Crippen molar-refractivity contribution in [2.24, 2.45) is 5.92 Å². The predicted molar refractivity (Wildman–Crippen MR) is 85.1 cm³/mol. The van der Waals surface area contributed by atoms with Crippen LogP contribution in [-0.2, 0) is 4.79 Å². The highest BCUT2D eigenvalue weighted by molar-refractivity contribution is 5.95. The van der Waals surface area contributed by atoms with Gasteiger partial charge in [0.25, 0.3) is 5.91 Å². The first-order valence-corrected chi connectivity index (χ1v) is 7.80. The molecule has 1 aromatic rings. The number of hydrogen-bond donors (Lipinski definition) is 2. The number of carboxylic acid groups (broad SMARTS) is 1. The lowest BCUT2D eigenvalue weighted by Crippen LogP contribution is -2.42. The van der Waals surface area contributed by atoms with E-state index in [0.717, 1.165) is 19.3 Å². The number of nitrogens with one attached hydrogen (secondary N) is 1. The van der Waals surface area contributed by atoms with Crippen LogP contribution in [0.25, 0.3) is 0 Å². The Kier molecular flexibility index (Phi) is 5.73. The Bertz CT molecular complexity index is 645. The Labute approximate surface area is 139 Å². The highest BCUT2D eigenvalue weighted by Crippen LogP contribution is 2.28. The minimum absolute atomic E-state index is 0.0108. The van der Waals surface area contributed by atoms with Crippen LogP contribution in [-0.4, -0.2) is 35.1 Å². The van der Waals surface area contributed by atoms with Crippen molar-refractivity contribution in [3.63, 3.8) is 0 Å². The minimum Gasteiger partial charge on any atom is -0.490 e. The Morgan fingerprint density at radius 2 is 2.00 bits per heavy atom. The molecule has 2 rings (SSSR count). The molecule has 0 aromatic heterocycles. The summed E-state index contributed by atoms with van der Waals surface area (Å²) in [5.74, 6) is -2.00. The number of nitro benzene ring substituents is 1. The molecule has 0 saturated heterocycles. The summed E-state index contributed by atoms with van der Waals surface area (Å²) in [5.41, 5.74) is -0.0298. The number of ether oxygens (including phenoxy) is 1. The van der Waals surface area contributed by atoms with Gasteiger partial charge >= 0.3 is 11.7 Å². The molecule has 0 aliphatic heterocycles. The summed E-state index contributed by atoms with van der Waals surface area (Å²) in [6.07, 6.45) is 3.77. The molecule has 130 valence electrons. The van der Waals surface area contributed by atoms with Crippen molar-refractivity contribution < 1.29 is 24.4 Å². The van der Waals surface area contributed by atoms with E-state index in [0.29, 0.717) is 12.8 Å². The average Bonchev–Trinajstić information content (AvgIpc) is 2.79. The van der Waals surface area contributed by atoms with Crippen LogP contribution in [0.3, 0.4) is 0 Å².